The van der Waals surface area contributed by atoms with Crippen LogP contribution >= 0.6 is 11.8 Å². The molecule has 2 rings (SSSR count). The number of aliphatic imine (C=N–C) groups is 1. The first-order valence-electron chi connectivity index (χ1n) is 4.79. The first-order chi connectivity index (χ1) is 6.90. The molecule has 0 saturated carbocycles. The second-order valence-corrected chi connectivity index (χ2v) is 4.27. The van der Waals surface area contributed by atoms with Gasteiger partial charge in [0.2, 0.25) is 5.23 Å². The highest BCUT2D eigenvalue weighted by Crippen LogP contribution is 2.26. The summed E-state index contributed by atoms with van der Waals surface area (Å²) < 4.78 is 5.70. The van der Waals surface area contributed by atoms with E-state index in [1.165, 1.54) is 5.56 Å². The summed E-state index contributed by atoms with van der Waals surface area (Å²) in [6, 6.07) is 10.2. The summed E-state index contributed by atoms with van der Waals surface area (Å²) in [6.45, 7) is 2.86. The van der Waals surface area contributed by atoms with E-state index < -0.39 is 0 Å². The molecule has 0 fully saturated rings. The molecular formula is C11H13NOS. The highest BCUT2D eigenvalue weighted by atomic mass is 32.2. The molecule has 0 N–H and O–H groups in total. The van der Waals surface area contributed by atoms with Crippen LogP contribution in [-0.2, 0) is 4.74 Å². The Hall–Kier alpha value is -0.960. The second-order valence-electron chi connectivity index (χ2n) is 3.06. The minimum atomic E-state index is 0.130. The zero-order valence-electron chi connectivity index (χ0n) is 8.14. The van der Waals surface area contributed by atoms with Gasteiger partial charge in [0.15, 0.2) is 0 Å². The number of nitrogens with zero attached hydrogens (tertiary/aromatic N) is 1. The van der Waals surface area contributed by atoms with Crippen molar-refractivity contribution in [1.82, 2.24) is 0 Å². The quantitative estimate of drug-likeness (QED) is 0.743. The Morgan fingerprint density at radius 3 is 2.93 bits per heavy atom. The molecule has 74 valence electrons. The molecule has 0 saturated heterocycles. The Labute approximate surface area is 88.4 Å². The number of hydrogen-bond acceptors (Lipinski definition) is 3. The van der Waals surface area contributed by atoms with E-state index in [2.05, 4.69) is 24.0 Å². The molecule has 0 amide bonds. The summed E-state index contributed by atoms with van der Waals surface area (Å²) in [5.41, 5.74) is 1.21. The zero-order valence-corrected chi connectivity index (χ0v) is 8.96. The van der Waals surface area contributed by atoms with E-state index in [0.717, 1.165) is 17.5 Å². The lowest BCUT2D eigenvalue weighted by Gasteiger charge is -2.10. The first-order valence-corrected chi connectivity index (χ1v) is 5.77. The van der Waals surface area contributed by atoms with Gasteiger partial charge in [-0.15, -0.1) is 0 Å². The second kappa shape index (κ2) is 4.51. The maximum atomic E-state index is 5.70. The molecule has 0 aliphatic carbocycles. The van der Waals surface area contributed by atoms with E-state index in [1.54, 1.807) is 11.8 Å². The lowest BCUT2D eigenvalue weighted by Crippen LogP contribution is -2.02. The Morgan fingerprint density at radius 1 is 1.43 bits per heavy atom. The van der Waals surface area contributed by atoms with E-state index in [9.17, 15) is 0 Å². The third-order valence-electron chi connectivity index (χ3n) is 2.07. The van der Waals surface area contributed by atoms with Crippen molar-refractivity contribution >= 4 is 17.0 Å². The predicted octanol–water partition coefficient (Wildman–Crippen LogP) is 2.87. The molecule has 1 aromatic rings. The first kappa shape index (κ1) is 9.59. The van der Waals surface area contributed by atoms with Gasteiger partial charge in [-0.1, -0.05) is 49.0 Å². The molecule has 14 heavy (non-hydrogen) atoms. The number of rotatable bonds is 2. The minimum absolute atomic E-state index is 0.130. The van der Waals surface area contributed by atoms with Gasteiger partial charge in [0.1, 0.15) is 6.10 Å². The molecule has 0 bridgehead atoms. The molecule has 0 aromatic heterocycles. The highest BCUT2D eigenvalue weighted by Gasteiger charge is 2.20. The Balaban J connectivity index is 1.99. The van der Waals surface area contributed by atoms with Crippen LogP contribution in [0.2, 0.25) is 0 Å². The maximum Gasteiger partial charge on any atom is 0.246 e. The van der Waals surface area contributed by atoms with Crippen LogP contribution in [0.15, 0.2) is 35.3 Å². The van der Waals surface area contributed by atoms with Gasteiger partial charge in [-0.3, -0.25) is 0 Å². The number of hydrogen-bond donors (Lipinski definition) is 0. The van der Waals surface area contributed by atoms with Crippen LogP contribution in [0.4, 0.5) is 0 Å². The lowest BCUT2D eigenvalue weighted by atomic mass is 10.1. The molecule has 1 unspecified atom stereocenters. The van der Waals surface area contributed by atoms with E-state index in [1.807, 2.05) is 18.2 Å². The fourth-order valence-corrected chi connectivity index (χ4v) is 1.99. The van der Waals surface area contributed by atoms with Crippen molar-refractivity contribution in [1.29, 1.82) is 0 Å². The minimum Gasteiger partial charge on any atom is -0.463 e. The smallest absolute Gasteiger partial charge is 0.246 e. The predicted molar refractivity (Wildman–Crippen MR) is 60.7 cm³/mol. The summed E-state index contributed by atoms with van der Waals surface area (Å²) >= 11 is 1.67. The Kier molecular flexibility index (Phi) is 3.09. The van der Waals surface area contributed by atoms with E-state index in [-0.39, 0.29) is 6.10 Å². The number of ether oxygens (including phenoxy) is 1. The molecule has 0 spiro atoms. The molecular weight excluding hydrogens is 194 g/mol. The van der Waals surface area contributed by atoms with Crippen LogP contribution in [-0.4, -0.2) is 17.5 Å². The molecule has 2 nitrogen and oxygen atoms in total. The molecule has 3 heteroatoms. The standard InChI is InChI=1S/C11H13NOS/c1-2-14-11-12-8-10(13-11)9-6-4-3-5-7-9/h3-7,10H,2,8H2,1H3. The van der Waals surface area contributed by atoms with Crippen molar-refractivity contribution in [3.8, 4) is 0 Å². The number of benzene rings is 1. The average molecular weight is 207 g/mol. The van der Waals surface area contributed by atoms with Crippen LogP contribution in [0.25, 0.3) is 0 Å². The van der Waals surface area contributed by atoms with Gasteiger partial charge in [0.25, 0.3) is 0 Å². The monoisotopic (exact) mass is 207 g/mol. The third-order valence-corrected chi connectivity index (χ3v) is 2.83. The normalized spacial score (nSPS) is 20.4. The van der Waals surface area contributed by atoms with Gasteiger partial charge >= 0.3 is 0 Å². The van der Waals surface area contributed by atoms with Crippen molar-refractivity contribution in [3.63, 3.8) is 0 Å². The number of thioether (sulfide) groups is 1. The van der Waals surface area contributed by atoms with E-state index in [0.29, 0.717) is 0 Å². The van der Waals surface area contributed by atoms with Gasteiger partial charge in [-0.25, -0.2) is 4.99 Å². The molecule has 0 radical (unpaired) electrons. The molecule has 1 heterocycles. The highest BCUT2D eigenvalue weighted by molar-refractivity contribution is 8.13. The summed E-state index contributed by atoms with van der Waals surface area (Å²) in [4.78, 5) is 4.34. The van der Waals surface area contributed by atoms with E-state index >= 15 is 0 Å². The lowest BCUT2D eigenvalue weighted by molar-refractivity contribution is 0.236. The summed E-state index contributed by atoms with van der Waals surface area (Å²) in [6.07, 6.45) is 0.130. The SMILES string of the molecule is CCSC1=NCC(c2ccccc2)O1. The molecule has 1 aromatic carbocycles. The van der Waals surface area contributed by atoms with Crippen LogP contribution in [0.1, 0.15) is 18.6 Å². The van der Waals surface area contributed by atoms with Gasteiger partial charge < -0.3 is 4.74 Å². The van der Waals surface area contributed by atoms with Gasteiger partial charge in [-0.05, 0) is 11.3 Å². The fourth-order valence-electron chi connectivity index (χ4n) is 1.40. The van der Waals surface area contributed by atoms with Crippen LogP contribution in [0.5, 0.6) is 0 Å². The van der Waals surface area contributed by atoms with Crippen molar-refractivity contribution in [3.05, 3.63) is 35.9 Å². The zero-order chi connectivity index (χ0) is 9.80. The average Bonchev–Trinajstić information content (AvgIpc) is 2.68. The van der Waals surface area contributed by atoms with Crippen molar-refractivity contribution in [2.75, 3.05) is 12.3 Å². The maximum absolute atomic E-state index is 5.70. The van der Waals surface area contributed by atoms with Gasteiger partial charge in [-0.2, -0.15) is 0 Å². The van der Waals surface area contributed by atoms with Crippen LogP contribution < -0.4 is 0 Å². The van der Waals surface area contributed by atoms with Gasteiger partial charge in [0.05, 0.1) is 6.54 Å². The molecule has 1 atom stereocenters. The summed E-state index contributed by atoms with van der Waals surface area (Å²) in [5.74, 6) is 1.01. The largest absolute Gasteiger partial charge is 0.463 e. The Morgan fingerprint density at radius 2 is 2.21 bits per heavy atom. The van der Waals surface area contributed by atoms with Crippen LogP contribution in [0, 0.1) is 0 Å². The van der Waals surface area contributed by atoms with E-state index in [4.69, 9.17) is 4.74 Å². The van der Waals surface area contributed by atoms with Gasteiger partial charge in [0, 0.05) is 0 Å². The Bertz CT molecular complexity index is 323. The third kappa shape index (κ3) is 2.10. The van der Waals surface area contributed by atoms with Crippen molar-refractivity contribution < 1.29 is 4.74 Å². The summed E-state index contributed by atoms with van der Waals surface area (Å²) in [7, 11) is 0. The van der Waals surface area contributed by atoms with Crippen LogP contribution in [0.3, 0.4) is 0 Å². The van der Waals surface area contributed by atoms with Crippen molar-refractivity contribution in [2.45, 2.75) is 13.0 Å². The van der Waals surface area contributed by atoms with Crippen molar-refractivity contribution in [2.24, 2.45) is 4.99 Å². The fraction of sp³-hybridized carbons (Fsp3) is 0.364. The summed E-state index contributed by atoms with van der Waals surface area (Å²) in [5, 5.41) is 0.835. The molecule has 1 aliphatic heterocycles. The molecule has 1 aliphatic rings. The topological polar surface area (TPSA) is 21.6 Å².